The van der Waals surface area contributed by atoms with Gasteiger partial charge in [0.05, 0.1) is 11.3 Å². The molecule has 0 atom stereocenters. The summed E-state index contributed by atoms with van der Waals surface area (Å²) in [4.78, 5) is 0. The van der Waals surface area contributed by atoms with E-state index in [0.717, 1.165) is 0 Å². The smallest absolute Gasteiger partial charge is 0.171 e. The van der Waals surface area contributed by atoms with E-state index in [1.165, 1.54) is 0 Å². The van der Waals surface area contributed by atoms with Crippen LogP contribution in [-0.4, -0.2) is 11.0 Å². The predicted molar refractivity (Wildman–Crippen MR) is 67.0 cm³/mol. The summed E-state index contributed by atoms with van der Waals surface area (Å²) in [5.41, 5.74) is 5.90. The van der Waals surface area contributed by atoms with Crippen LogP contribution in [-0.2, 0) is 6.61 Å². The summed E-state index contributed by atoms with van der Waals surface area (Å²) in [6.45, 7) is 0.312. The first-order chi connectivity index (χ1) is 8.70. The van der Waals surface area contributed by atoms with Crippen molar-refractivity contribution in [3.8, 4) is 5.75 Å². The minimum Gasteiger partial charge on any atom is -0.486 e. The van der Waals surface area contributed by atoms with Crippen molar-refractivity contribution in [2.24, 2.45) is 10.9 Å². The molecule has 0 aliphatic heterocycles. The summed E-state index contributed by atoms with van der Waals surface area (Å²) >= 11 is 5.99. The maximum atomic E-state index is 8.57. The van der Waals surface area contributed by atoms with Crippen molar-refractivity contribution in [1.82, 2.24) is 0 Å². The SMILES string of the molecule is NC(=NO)c1ccc(OCc2ccco2)cc1Cl. The third kappa shape index (κ3) is 2.75. The Hall–Kier alpha value is -2.14. The topological polar surface area (TPSA) is 81.0 Å². The van der Waals surface area contributed by atoms with Gasteiger partial charge in [0.2, 0.25) is 0 Å². The predicted octanol–water partition coefficient (Wildman–Crippen LogP) is 2.61. The van der Waals surface area contributed by atoms with E-state index in [4.69, 9.17) is 31.7 Å². The number of halogens is 1. The van der Waals surface area contributed by atoms with E-state index in [-0.39, 0.29) is 5.84 Å². The second-order valence-electron chi connectivity index (χ2n) is 3.49. The van der Waals surface area contributed by atoms with Crippen LogP contribution in [0, 0.1) is 0 Å². The lowest BCUT2D eigenvalue weighted by Gasteiger charge is -2.07. The lowest BCUT2D eigenvalue weighted by atomic mass is 10.2. The molecule has 3 N–H and O–H groups in total. The Morgan fingerprint density at radius 2 is 2.28 bits per heavy atom. The zero-order valence-electron chi connectivity index (χ0n) is 9.34. The van der Waals surface area contributed by atoms with Crippen LogP contribution in [0.1, 0.15) is 11.3 Å². The highest BCUT2D eigenvalue weighted by atomic mass is 35.5. The number of nitrogens with two attached hydrogens (primary N) is 1. The summed E-state index contributed by atoms with van der Waals surface area (Å²) in [5.74, 6) is 1.25. The lowest BCUT2D eigenvalue weighted by Crippen LogP contribution is -2.13. The van der Waals surface area contributed by atoms with Crippen LogP contribution >= 0.6 is 11.6 Å². The van der Waals surface area contributed by atoms with Crippen molar-refractivity contribution in [2.45, 2.75) is 6.61 Å². The van der Waals surface area contributed by atoms with Gasteiger partial charge in [-0.2, -0.15) is 0 Å². The fourth-order valence-corrected chi connectivity index (χ4v) is 1.66. The number of rotatable bonds is 4. The van der Waals surface area contributed by atoms with E-state index < -0.39 is 0 Å². The highest BCUT2D eigenvalue weighted by Gasteiger charge is 2.07. The molecule has 94 valence electrons. The number of nitrogens with zero attached hydrogens (tertiary/aromatic N) is 1. The molecule has 6 heteroatoms. The van der Waals surface area contributed by atoms with Gasteiger partial charge in [0, 0.05) is 5.56 Å². The highest BCUT2D eigenvalue weighted by molar-refractivity contribution is 6.34. The molecule has 0 bridgehead atoms. The maximum Gasteiger partial charge on any atom is 0.171 e. The number of amidine groups is 1. The molecule has 2 rings (SSSR count). The Morgan fingerprint density at radius 1 is 1.44 bits per heavy atom. The first-order valence-electron chi connectivity index (χ1n) is 5.13. The van der Waals surface area contributed by atoms with E-state index in [2.05, 4.69) is 5.16 Å². The van der Waals surface area contributed by atoms with Gasteiger partial charge in [-0.05, 0) is 30.3 Å². The van der Waals surface area contributed by atoms with E-state index in [1.807, 2.05) is 6.07 Å². The fraction of sp³-hybridized carbons (Fsp3) is 0.0833. The number of hydrogen-bond donors (Lipinski definition) is 2. The molecule has 0 unspecified atom stereocenters. The third-order valence-corrected chi connectivity index (χ3v) is 2.60. The number of benzene rings is 1. The normalized spacial score (nSPS) is 11.5. The van der Waals surface area contributed by atoms with Gasteiger partial charge >= 0.3 is 0 Å². The van der Waals surface area contributed by atoms with Gasteiger partial charge in [0.25, 0.3) is 0 Å². The molecular formula is C12H11ClN2O3. The molecule has 0 saturated heterocycles. The zero-order chi connectivity index (χ0) is 13.0. The first-order valence-corrected chi connectivity index (χ1v) is 5.51. The number of hydrogen-bond acceptors (Lipinski definition) is 4. The molecule has 18 heavy (non-hydrogen) atoms. The summed E-state index contributed by atoms with van der Waals surface area (Å²) in [5, 5.41) is 11.8. The molecule has 0 radical (unpaired) electrons. The molecule has 1 aromatic carbocycles. The number of furan rings is 1. The second kappa shape index (κ2) is 5.46. The lowest BCUT2D eigenvalue weighted by molar-refractivity contribution is 0.270. The Morgan fingerprint density at radius 3 is 2.89 bits per heavy atom. The average molecular weight is 267 g/mol. The van der Waals surface area contributed by atoms with Gasteiger partial charge in [-0.3, -0.25) is 0 Å². The highest BCUT2D eigenvalue weighted by Crippen LogP contribution is 2.23. The van der Waals surface area contributed by atoms with Crippen LogP contribution in [0.2, 0.25) is 5.02 Å². The Balaban J connectivity index is 2.09. The zero-order valence-corrected chi connectivity index (χ0v) is 10.1. The largest absolute Gasteiger partial charge is 0.486 e. The van der Waals surface area contributed by atoms with Gasteiger partial charge in [0.1, 0.15) is 18.1 Å². The Labute approximate surface area is 108 Å². The van der Waals surface area contributed by atoms with Crippen LogP contribution < -0.4 is 10.5 Å². The Bertz CT molecular complexity index is 552. The molecule has 1 heterocycles. The van der Waals surface area contributed by atoms with Crippen LogP contribution in [0.25, 0.3) is 0 Å². The number of oxime groups is 1. The molecule has 0 aliphatic carbocycles. The van der Waals surface area contributed by atoms with E-state index in [1.54, 1.807) is 30.5 Å². The van der Waals surface area contributed by atoms with Crippen LogP contribution in [0.3, 0.4) is 0 Å². The summed E-state index contributed by atoms with van der Waals surface area (Å²) in [7, 11) is 0. The van der Waals surface area contributed by atoms with E-state index in [0.29, 0.717) is 28.7 Å². The standard InChI is InChI=1S/C12H11ClN2O3/c13-11-6-8(3-4-10(11)12(14)15-16)18-7-9-2-1-5-17-9/h1-6,16H,7H2,(H2,14,15). The van der Waals surface area contributed by atoms with Crippen molar-refractivity contribution in [3.05, 3.63) is 52.9 Å². The minimum absolute atomic E-state index is 0.0439. The molecule has 0 fully saturated rings. The fourth-order valence-electron chi connectivity index (χ4n) is 1.40. The van der Waals surface area contributed by atoms with E-state index in [9.17, 15) is 0 Å². The Kier molecular flexibility index (Phi) is 3.74. The van der Waals surface area contributed by atoms with Crippen LogP contribution in [0.15, 0.2) is 46.2 Å². The molecule has 0 amide bonds. The third-order valence-electron chi connectivity index (χ3n) is 2.29. The van der Waals surface area contributed by atoms with Crippen molar-refractivity contribution in [1.29, 1.82) is 0 Å². The van der Waals surface area contributed by atoms with E-state index >= 15 is 0 Å². The molecule has 0 saturated carbocycles. The van der Waals surface area contributed by atoms with Crippen molar-refractivity contribution in [3.63, 3.8) is 0 Å². The molecule has 0 spiro atoms. The first kappa shape index (κ1) is 12.3. The number of ether oxygens (including phenoxy) is 1. The van der Waals surface area contributed by atoms with Crippen LogP contribution in [0.4, 0.5) is 0 Å². The van der Waals surface area contributed by atoms with Gasteiger partial charge in [-0.25, -0.2) is 0 Å². The molecule has 1 aromatic heterocycles. The van der Waals surface area contributed by atoms with Crippen molar-refractivity contribution >= 4 is 17.4 Å². The van der Waals surface area contributed by atoms with Gasteiger partial charge in [-0.1, -0.05) is 16.8 Å². The van der Waals surface area contributed by atoms with Crippen LogP contribution in [0.5, 0.6) is 5.75 Å². The molecule has 5 nitrogen and oxygen atoms in total. The average Bonchev–Trinajstić information content (AvgIpc) is 2.88. The summed E-state index contributed by atoms with van der Waals surface area (Å²) in [6.07, 6.45) is 1.58. The summed E-state index contributed by atoms with van der Waals surface area (Å²) < 4.78 is 10.6. The van der Waals surface area contributed by atoms with Gasteiger partial charge in [-0.15, -0.1) is 0 Å². The van der Waals surface area contributed by atoms with Crippen molar-refractivity contribution < 1.29 is 14.4 Å². The van der Waals surface area contributed by atoms with Crippen molar-refractivity contribution in [2.75, 3.05) is 0 Å². The second-order valence-corrected chi connectivity index (χ2v) is 3.90. The maximum absolute atomic E-state index is 8.57. The minimum atomic E-state index is -0.0439. The molecule has 2 aromatic rings. The quantitative estimate of drug-likeness (QED) is 0.386. The molecular weight excluding hydrogens is 256 g/mol. The monoisotopic (exact) mass is 266 g/mol. The van der Waals surface area contributed by atoms with Gasteiger partial charge < -0.3 is 20.1 Å². The summed E-state index contributed by atoms with van der Waals surface area (Å²) in [6, 6.07) is 8.49. The van der Waals surface area contributed by atoms with Gasteiger partial charge in [0.15, 0.2) is 5.84 Å². The molecule has 0 aliphatic rings.